The van der Waals surface area contributed by atoms with E-state index in [1.165, 1.54) is 12.1 Å². The topological polar surface area (TPSA) is 98.6 Å². The minimum atomic E-state index is -4.78. The monoisotopic (exact) mass is 672 g/mol. The molecule has 1 heterocycles. The van der Waals surface area contributed by atoms with E-state index < -0.39 is 71.2 Å². The van der Waals surface area contributed by atoms with Gasteiger partial charge in [-0.15, -0.1) is 0 Å². The number of nitrogens with one attached hydrogen (secondary N) is 2. The van der Waals surface area contributed by atoms with Crippen LogP contribution in [0.1, 0.15) is 30.0 Å². The van der Waals surface area contributed by atoms with Crippen LogP contribution in [-0.4, -0.2) is 56.1 Å². The summed E-state index contributed by atoms with van der Waals surface area (Å²) < 4.78 is 95.6. The molecule has 15 heteroatoms. The van der Waals surface area contributed by atoms with Crippen molar-refractivity contribution in [3.8, 4) is 0 Å². The van der Waals surface area contributed by atoms with Crippen molar-refractivity contribution in [3.63, 3.8) is 0 Å². The lowest BCUT2D eigenvalue weighted by Gasteiger charge is -2.38. The molecule has 1 aliphatic carbocycles. The maximum atomic E-state index is 13.5. The Morgan fingerprint density at radius 3 is 2.34 bits per heavy atom. The summed E-state index contributed by atoms with van der Waals surface area (Å²) in [4.78, 5) is 27.8. The number of carbonyl (C=O) groups excluding carboxylic acids is 2. The molecule has 0 radical (unpaired) electrons. The molecule has 0 bridgehead atoms. The third-order valence-corrected chi connectivity index (χ3v) is 8.55. The fraction of sp³-hybridized carbons (Fsp3) is 0.391. The van der Waals surface area contributed by atoms with E-state index in [4.69, 9.17) is 0 Å². The van der Waals surface area contributed by atoms with Crippen molar-refractivity contribution in [1.29, 1.82) is 0 Å². The molecule has 0 unspecified atom stereocenters. The Labute approximate surface area is 228 Å². The number of hydrogen-bond acceptors (Lipinski definition) is 4. The standard InChI is InChI=1S/C23H22F5IN4O4S/c24-22(25)11-15(12-22)31-21(35)20(17-6-1-2-7-18(17)29)33(16-5-3-4-14(10-16)23(26,27)28)19(34)13-30-38(36,37)32-8-9-32/h1-7,10,15,20,30H,8-9,11-13H2,(H,31,35)/t20-/m0/s1. The Morgan fingerprint density at radius 2 is 1.76 bits per heavy atom. The molecule has 0 aromatic heterocycles. The van der Waals surface area contributed by atoms with Crippen LogP contribution in [0, 0.1) is 3.57 Å². The van der Waals surface area contributed by atoms with Gasteiger partial charge < -0.3 is 5.32 Å². The molecule has 1 saturated carbocycles. The van der Waals surface area contributed by atoms with Crippen LogP contribution in [0.4, 0.5) is 27.6 Å². The summed E-state index contributed by atoms with van der Waals surface area (Å²) in [6, 6.07) is 7.47. The first-order valence-corrected chi connectivity index (χ1v) is 13.9. The fourth-order valence-electron chi connectivity index (χ4n) is 4.02. The SMILES string of the molecule is O=C(NC1CC(F)(F)C1)[C@H](c1ccccc1I)N(C(=O)CNS(=O)(=O)N1CC1)c1cccc(C(F)(F)F)c1. The largest absolute Gasteiger partial charge is 0.416 e. The number of benzene rings is 2. The van der Waals surface area contributed by atoms with Crippen LogP contribution in [0.15, 0.2) is 48.5 Å². The summed E-state index contributed by atoms with van der Waals surface area (Å²) in [7, 11) is -4.00. The molecule has 206 valence electrons. The molecular weight excluding hydrogens is 650 g/mol. The maximum Gasteiger partial charge on any atom is 0.416 e. The quantitative estimate of drug-likeness (QED) is 0.243. The van der Waals surface area contributed by atoms with Crippen molar-refractivity contribution in [2.24, 2.45) is 0 Å². The van der Waals surface area contributed by atoms with Crippen LogP contribution in [0.3, 0.4) is 0 Å². The molecule has 0 spiro atoms. The smallest absolute Gasteiger partial charge is 0.351 e. The molecule has 1 saturated heterocycles. The van der Waals surface area contributed by atoms with E-state index in [0.717, 1.165) is 21.3 Å². The van der Waals surface area contributed by atoms with E-state index in [1.54, 1.807) is 18.2 Å². The number of hydrogen-bond donors (Lipinski definition) is 2. The van der Waals surface area contributed by atoms with E-state index in [-0.39, 0.29) is 24.3 Å². The van der Waals surface area contributed by atoms with Crippen molar-refractivity contribution >= 4 is 50.3 Å². The zero-order valence-electron chi connectivity index (χ0n) is 19.5. The first-order valence-electron chi connectivity index (χ1n) is 11.3. The fourth-order valence-corrected chi connectivity index (χ4v) is 5.75. The Bertz CT molecular complexity index is 1330. The number of alkyl halides is 5. The minimum absolute atomic E-state index is 0.219. The Morgan fingerprint density at radius 1 is 1.11 bits per heavy atom. The molecule has 2 aromatic rings. The van der Waals surface area contributed by atoms with Crippen molar-refractivity contribution in [1.82, 2.24) is 14.3 Å². The van der Waals surface area contributed by atoms with E-state index in [0.29, 0.717) is 9.64 Å². The zero-order valence-corrected chi connectivity index (χ0v) is 22.5. The summed E-state index contributed by atoms with van der Waals surface area (Å²) in [5.74, 6) is -4.87. The van der Waals surface area contributed by atoms with Crippen molar-refractivity contribution in [3.05, 3.63) is 63.2 Å². The van der Waals surface area contributed by atoms with Crippen LogP contribution < -0.4 is 14.9 Å². The molecule has 2 N–H and O–H groups in total. The summed E-state index contributed by atoms with van der Waals surface area (Å²) in [5, 5.41) is 2.46. The number of anilines is 1. The van der Waals surface area contributed by atoms with Crippen LogP contribution in [0.25, 0.3) is 0 Å². The van der Waals surface area contributed by atoms with Gasteiger partial charge in [0.1, 0.15) is 6.04 Å². The highest BCUT2D eigenvalue weighted by atomic mass is 127. The molecule has 4 rings (SSSR count). The molecule has 2 aromatic carbocycles. The van der Waals surface area contributed by atoms with Gasteiger partial charge in [-0.25, -0.2) is 8.78 Å². The summed E-state index contributed by atoms with van der Waals surface area (Å²) in [6.07, 6.45) is -6.02. The number of carbonyl (C=O) groups is 2. The normalized spacial score (nSPS) is 18.4. The van der Waals surface area contributed by atoms with Gasteiger partial charge in [-0.3, -0.25) is 14.5 Å². The van der Waals surface area contributed by atoms with Gasteiger partial charge in [0.25, 0.3) is 16.1 Å². The molecular formula is C23H22F5IN4O4S. The first-order chi connectivity index (χ1) is 17.7. The summed E-state index contributed by atoms with van der Waals surface area (Å²) in [5.41, 5.74) is -1.20. The number of amides is 2. The van der Waals surface area contributed by atoms with Gasteiger partial charge in [-0.1, -0.05) is 24.3 Å². The molecule has 8 nitrogen and oxygen atoms in total. The average molecular weight is 672 g/mol. The molecule has 38 heavy (non-hydrogen) atoms. The van der Waals surface area contributed by atoms with Gasteiger partial charge in [0.05, 0.1) is 12.1 Å². The van der Waals surface area contributed by atoms with Gasteiger partial charge in [0, 0.05) is 41.2 Å². The third-order valence-electron chi connectivity index (χ3n) is 6.02. The van der Waals surface area contributed by atoms with E-state index >= 15 is 0 Å². The minimum Gasteiger partial charge on any atom is -0.351 e. The van der Waals surface area contributed by atoms with E-state index in [1.807, 2.05) is 22.6 Å². The van der Waals surface area contributed by atoms with E-state index in [2.05, 4.69) is 10.0 Å². The van der Waals surface area contributed by atoms with Gasteiger partial charge in [-0.2, -0.15) is 30.6 Å². The Balaban J connectivity index is 1.76. The lowest BCUT2D eigenvalue weighted by atomic mass is 9.87. The van der Waals surface area contributed by atoms with Crippen molar-refractivity contribution < 1.29 is 40.0 Å². The Hall–Kier alpha value is -2.37. The second-order valence-corrected chi connectivity index (χ2v) is 11.8. The van der Waals surface area contributed by atoms with Gasteiger partial charge >= 0.3 is 6.18 Å². The van der Waals surface area contributed by atoms with Crippen LogP contribution >= 0.6 is 22.6 Å². The Kier molecular flexibility index (Phi) is 8.03. The number of nitrogens with zero attached hydrogens (tertiary/aromatic N) is 2. The van der Waals surface area contributed by atoms with Gasteiger partial charge in [0.2, 0.25) is 11.8 Å². The second kappa shape index (κ2) is 10.7. The van der Waals surface area contributed by atoms with Crippen molar-refractivity contribution in [2.75, 3.05) is 24.5 Å². The number of rotatable bonds is 9. The predicted octanol–water partition coefficient (Wildman–Crippen LogP) is 3.45. The maximum absolute atomic E-state index is 13.5. The highest BCUT2D eigenvalue weighted by Crippen LogP contribution is 2.39. The lowest BCUT2D eigenvalue weighted by Crippen LogP contribution is -2.55. The molecule has 1 atom stereocenters. The molecule has 2 fully saturated rings. The molecule has 2 aliphatic rings. The average Bonchev–Trinajstić information content (AvgIpc) is 3.66. The lowest BCUT2D eigenvalue weighted by molar-refractivity contribution is -0.137. The van der Waals surface area contributed by atoms with Gasteiger partial charge in [0.15, 0.2) is 0 Å². The molecule has 2 amide bonds. The highest BCUT2D eigenvalue weighted by molar-refractivity contribution is 14.1. The first kappa shape index (κ1) is 28.6. The van der Waals surface area contributed by atoms with Crippen LogP contribution in [-0.2, 0) is 26.0 Å². The summed E-state index contributed by atoms with van der Waals surface area (Å²) >= 11 is 1.88. The second-order valence-electron chi connectivity index (χ2n) is 8.93. The van der Waals surface area contributed by atoms with Crippen molar-refractivity contribution in [2.45, 2.75) is 37.0 Å². The van der Waals surface area contributed by atoms with Crippen LogP contribution in [0.5, 0.6) is 0 Å². The third kappa shape index (κ3) is 6.60. The molecule has 1 aliphatic heterocycles. The highest BCUT2D eigenvalue weighted by Gasteiger charge is 2.47. The summed E-state index contributed by atoms with van der Waals surface area (Å²) in [6.45, 7) is -0.357. The predicted molar refractivity (Wildman–Crippen MR) is 135 cm³/mol. The number of halogens is 6. The van der Waals surface area contributed by atoms with Gasteiger partial charge in [-0.05, 0) is 52.4 Å². The van der Waals surface area contributed by atoms with Crippen LogP contribution in [0.2, 0.25) is 0 Å². The van der Waals surface area contributed by atoms with E-state index in [9.17, 15) is 40.0 Å². The zero-order chi connectivity index (χ0) is 27.9.